The Morgan fingerprint density at radius 3 is 2.77 bits per heavy atom. The number of nitrogens with zero attached hydrogens (tertiary/aromatic N) is 1. The molecule has 1 saturated heterocycles. The van der Waals surface area contributed by atoms with Crippen molar-refractivity contribution in [3.63, 3.8) is 0 Å². The lowest BCUT2D eigenvalue weighted by atomic mass is 10.1. The molecule has 0 saturated carbocycles. The van der Waals surface area contributed by atoms with Gasteiger partial charge in [-0.1, -0.05) is 32.0 Å². The van der Waals surface area contributed by atoms with Crippen molar-refractivity contribution in [3.8, 4) is 0 Å². The molecule has 2 rings (SSSR count). The van der Waals surface area contributed by atoms with Gasteiger partial charge in [0.15, 0.2) is 0 Å². The summed E-state index contributed by atoms with van der Waals surface area (Å²) in [5.74, 6) is 0.138. The number of anilines is 1. The first-order valence-corrected chi connectivity index (χ1v) is 7.79. The summed E-state index contributed by atoms with van der Waals surface area (Å²) in [4.78, 5) is 26.1. The van der Waals surface area contributed by atoms with E-state index in [0.717, 1.165) is 17.7 Å². The predicted octanol–water partition coefficient (Wildman–Crippen LogP) is 3.19. The van der Waals surface area contributed by atoms with E-state index in [0.29, 0.717) is 19.6 Å². The van der Waals surface area contributed by atoms with E-state index in [9.17, 15) is 9.59 Å². The van der Waals surface area contributed by atoms with Crippen LogP contribution >= 0.6 is 0 Å². The van der Waals surface area contributed by atoms with Crippen LogP contribution in [-0.2, 0) is 9.53 Å². The lowest BCUT2D eigenvalue weighted by Crippen LogP contribution is -2.43. The average molecular weight is 304 g/mol. The highest BCUT2D eigenvalue weighted by Crippen LogP contribution is 2.21. The van der Waals surface area contributed by atoms with Crippen LogP contribution in [0.25, 0.3) is 0 Å². The van der Waals surface area contributed by atoms with Crippen LogP contribution in [0.1, 0.15) is 32.3 Å². The Labute approximate surface area is 131 Å². The third-order valence-corrected chi connectivity index (χ3v) is 3.73. The fourth-order valence-corrected chi connectivity index (χ4v) is 2.51. The minimum absolute atomic E-state index is 0.145. The fourth-order valence-electron chi connectivity index (χ4n) is 2.51. The van der Waals surface area contributed by atoms with Gasteiger partial charge in [-0.15, -0.1) is 0 Å². The number of carbonyl (C=O) groups is 2. The molecule has 2 amide bonds. The van der Waals surface area contributed by atoms with Gasteiger partial charge >= 0.3 is 6.09 Å². The van der Waals surface area contributed by atoms with Crippen molar-refractivity contribution in [2.45, 2.75) is 39.7 Å². The lowest BCUT2D eigenvalue weighted by molar-refractivity contribution is -0.120. The Morgan fingerprint density at radius 2 is 2.09 bits per heavy atom. The first-order valence-electron chi connectivity index (χ1n) is 7.79. The van der Waals surface area contributed by atoms with Crippen molar-refractivity contribution < 1.29 is 14.3 Å². The maximum atomic E-state index is 12.5. The molecule has 1 atom stereocenters. The van der Waals surface area contributed by atoms with Crippen LogP contribution in [0.15, 0.2) is 24.3 Å². The molecule has 1 aromatic rings. The van der Waals surface area contributed by atoms with Crippen LogP contribution in [0.2, 0.25) is 0 Å². The predicted molar refractivity (Wildman–Crippen MR) is 85.7 cm³/mol. The standard InChI is InChI=1S/C17H24N2O3/c1-12(2)11-22-17(21)19-10-6-9-15(19)16(20)18-14-8-5-4-7-13(14)3/h4-5,7-8,12,15H,6,9-11H2,1-3H3,(H,18,20). The molecule has 1 aromatic carbocycles. The highest BCUT2D eigenvalue weighted by molar-refractivity contribution is 5.97. The second-order valence-corrected chi connectivity index (χ2v) is 6.13. The minimum Gasteiger partial charge on any atom is -0.449 e. The SMILES string of the molecule is Cc1ccccc1NC(=O)C1CCCN1C(=O)OCC(C)C. The third-order valence-electron chi connectivity index (χ3n) is 3.73. The largest absolute Gasteiger partial charge is 0.449 e. The van der Waals surface area contributed by atoms with Crippen LogP contribution < -0.4 is 5.32 Å². The molecule has 0 aromatic heterocycles. The second kappa shape index (κ2) is 7.29. The van der Waals surface area contributed by atoms with Crippen LogP contribution in [0.5, 0.6) is 0 Å². The zero-order valence-corrected chi connectivity index (χ0v) is 13.5. The Morgan fingerprint density at radius 1 is 1.36 bits per heavy atom. The topological polar surface area (TPSA) is 58.6 Å². The molecule has 120 valence electrons. The van der Waals surface area contributed by atoms with E-state index in [4.69, 9.17) is 4.74 Å². The molecular formula is C17H24N2O3. The van der Waals surface area contributed by atoms with E-state index in [2.05, 4.69) is 5.32 Å². The molecule has 0 aliphatic carbocycles. The zero-order valence-electron chi connectivity index (χ0n) is 13.5. The number of ether oxygens (including phenoxy) is 1. The minimum atomic E-state index is -0.445. The van der Waals surface area contributed by atoms with Crippen molar-refractivity contribution in [2.75, 3.05) is 18.5 Å². The number of aryl methyl sites for hydroxylation is 1. The molecule has 0 radical (unpaired) electrons. The fraction of sp³-hybridized carbons (Fsp3) is 0.529. The molecule has 1 aliphatic heterocycles. The van der Waals surface area contributed by atoms with Gasteiger partial charge in [0.25, 0.3) is 0 Å². The molecule has 22 heavy (non-hydrogen) atoms. The van der Waals surface area contributed by atoms with E-state index in [1.807, 2.05) is 45.0 Å². The summed E-state index contributed by atoms with van der Waals surface area (Å²) < 4.78 is 5.25. The molecule has 1 fully saturated rings. The second-order valence-electron chi connectivity index (χ2n) is 6.13. The molecule has 1 aliphatic rings. The molecule has 1 unspecified atom stereocenters. The van der Waals surface area contributed by atoms with Gasteiger partial charge < -0.3 is 10.1 Å². The van der Waals surface area contributed by atoms with Gasteiger partial charge in [-0.25, -0.2) is 4.79 Å². The first kappa shape index (κ1) is 16.3. The van der Waals surface area contributed by atoms with E-state index in [-0.39, 0.29) is 11.8 Å². The Bertz CT molecular complexity index is 542. The van der Waals surface area contributed by atoms with Gasteiger partial charge in [-0.2, -0.15) is 0 Å². The van der Waals surface area contributed by atoms with Crippen molar-refractivity contribution >= 4 is 17.7 Å². The molecular weight excluding hydrogens is 280 g/mol. The van der Waals surface area contributed by atoms with Crippen molar-refractivity contribution in [2.24, 2.45) is 5.92 Å². The Balaban J connectivity index is 1.99. The number of carbonyl (C=O) groups excluding carboxylic acids is 2. The van der Waals surface area contributed by atoms with Gasteiger partial charge in [0.1, 0.15) is 6.04 Å². The number of hydrogen-bond donors (Lipinski definition) is 1. The maximum Gasteiger partial charge on any atom is 0.410 e. The molecule has 1 N–H and O–H groups in total. The monoisotopic (exact) mass is 304 g/mol. The smallest absolute Gasteiger partial charge is 0.410 e. The van der Waals surface area contributed by atoms with E-state index in [1.165, 1.54) is 4.90 Å². The van der Waals surface area contributed by atoms with E-state index >= 15 is 0 Å². The van der Waals surface area contributed by atoms with Crippen LogP contribution in [-0.4, -0.2) is 36.1 Å². The number of para-hydroxylation sites is 1. The van der Waals surface area contributed by atoms with Crippen LogP contribution in [0.4, 0.5) is 10.5 Å². The maximum absolute atomic E-state index is 12.5. The molecule has 0 bridgehead atoms. The first-order chi connectivity index (χ1) is 10.5. The summed E-state index contributed by atoms with van der Waals surface area (Å²) in [5.41, 5.74) is 1.79. The summed E-state index contributed by atoms with van der Waals surface area (Å²) in [7, 11) is 0. The third kappa shape index (κ3) is 4.00. The zero-order chi connectivity index (χ0) is 16.1. The van der Waals surface area contributed by atoms with Crippen molar-refractivity contribution in [1.29, 1.82) is 0 Å². The normalized spacial score (nSPS) is 17.6. The van der Waals surface area contributed by atoms with Gasteiger partial charge in [0.2, 0.25) is 5.91 Å². The highest BCUT2D eigenvalue weighted by atomic mass is 16.6. The Hall–Kier alpha value is -2.04. The van der Waals surface area contributed by atoms with E-state index in [1.54, 1.807) is 0 Å². The van der Waals surface area contributed by atoms with Crippen molar-refractivity contribution in [1.82, 2.24) is 4.90 Å². The molecule has 5 nitrogen and oxygen atoms in total. The number of amides is 2. The molecule has 5 heteroatoms. The number of hydrogen-bond acceptors (Lipinski definition) is 3. The number of likely N-dealkylation sites (tertiary alicyclic amines) is 1. The summed E-state index contributed by atoms with van der Waals surface area (Å²) in [6.45, 7) is 6.86. The quantitative estimate of drug-likeness (QED) is 0.929. The summed E-state index contributed by atoms with van der Waals surface area (Å²) in [6, 6.07) is 7.17. The molecule has 1 heterocycles. The number of benzene rings is 1. The van der Waals surface area contributed by atoms with Gasteiger partial charge in [0.05, 0.1) is 6.61 Å². The van der Waals surface area contributed by atoms with Crippen LogP contribution in [0.3, 0.4) is 0 Å². The van der Waals surface area contributed by atoms with Gasteiger partial charge in [-0.05, 0) is 37.3 Å². The molecule has 0 spiro atoms. The van der Waals surface area contributed by atoms with Gasteiger partial charge in [-0.3, -0.25) is 9.69 Å². The number of nitrogens with one attached hydrogen (secondary N) is 1. The van der Waals surface area contributed by atoms with Crippen molar-refractivity contribution in [3.05, 3.63) is 29.8 Å². The summed E-state index contributed by atoms with van der Waals surface area (Å²) in [5, 5.41) is 2.91. The average Bonchev–Trinajstić information content (AvgIpc) is 2.96. The van der Waals surface area contributed by atoms with Crippen LogP contribution in [0, 0.1) is 12.8 Å². The van der Waals surface area contributed by atoms with E-state index < -0.39 is 12.1 Å². The number of rotatable bonds is 4. The van der Waals surface area contributed by atoms with Gasteiger partial charge in [0, 0.05) is 12.2 Å². The lowest BCUT2D eigenvalue weighted by Gasteiger charge is -2.24. The summed E-state index contributed by atoms with van der Waals surface area (Å²) >= 11 is 0. The summed E-state index contributed by atoms with van der Waals surface area (Å²) in [6.07, 6.45) is 1.10. The Kier molecular flexibility index (Phi) is 5.41. The highest BCUT2D eigenvalue weighted by Gasteiger charge is 2.35.